The Morgan fingerprint density at radius 3 is 1.80 bits per heavy atom. The van der Waals surface area contributed by atoms with Gasteiger partial charge in [-0.15, -0.1) is 0 Å². The van der Waals surface area contributed by atoms with Crippen LogP contribution in [0.15, 0.2) is 0 Å². The smallest absolute Gasteiger partial charge is 0.165 e. The van der Waals surface area contributed by atoms with E-state index in [4.69, 9.17) is 19.7 Å². The molecule has 1 fully saturated rings. The molecule has 25 heavy (non-hydrogen) atoms. The zero-order valence-electron chi connectivity index (χ0n) is 15.8. The molecule has 0 saturated carbocycles. The van der Waals surface area contributed by atoms with E-state index in [1.165, 1.54) is 32.1 Å². The van der Waals surface area contributed by atoms with Gasteiger partial charge in [0.05, 0.1) is 26.4 Å². The van der Waals surface area contributed by atoms with Crippen LogP contribution in [0.4, 0.5) is 0 Å². The molecule has 1 aliphatic rings. The van der Waals surface area contributed by atoms with Crippen LogP contribution in [0.2, 0.25) is 0 Å². The van der Waals surface area contributed by atoms with Crippen molar-refractivity contribution >= 4 is 37.6 Å². The fourth-order valence-corrected chi connectivity index (χ4v) is 2.86. The predicted molar refractivity (Wildman–Crippen MR) is 110 cm³/mol. The summed E-state index contributed by atoms with van der Waals surface area (Å²) in [7, 11) is 0. The van der Waals surface area contributed by atoms with Gasteiger partial charge in [-0.1, -0.05) is 44.7 Å². The molecule has 152 valence electrons. The summed E-state index contributed by atoms with van der Waals surface area (Å²) >= 11 is 6.75. The van der Waals surface area contributed by atoms with E-state index in [0.29, 0.717) is 5.78 Å². The Morgan fingerprint density at radius 1 is 0.920 bits per heavy atom. The first kappa shape index (κ1) is 27.7. The van der Waals surface area contributed by atoms with Crippen LogP contribution in [-0.2, 0) is 14.3 Å². The zero-order valence-corrected chi connectivity index (χ0v) is 18.9. The van der Waals surface area contributed by atoms with Crippen LogP contribution in [0.1, 0.15) is 65.2 Å². The number of aliphatic hydroxyl groups is 2. The van der Waals surface area contributed by atoms with Gasteiger partial charge >= 0.3 is 0 Å². The second-order valence-electron chi connectivity index (χ2n) is 5.98. The minimum atomic E-state index is -0.272. The molecule has 1 rings (SSSR count). The van der Waals surface area contributed by atoms with Crippen molar-refractivity contribution in [1.29, 1.82) is 0 Å². The number of ketones is 1. The van der Waals surface area contributed by atoms with Gasteiger partial charge in [-0.25, -0.2) is 0 Å². The largest absolute Gasteiger partial charge is 0.394 e. The molecule has 0 bridgehead atoms. The predicted octanol–water partition coefficient (Wildman–Crippen LogP) is 4.21. The zero-order chi connectivity index (χ0) is 19.4. The molecule has 0 aromatic heterocycles. The molecule has 0 aliphatic carbocycles. The van der Waals surface area contributed by atoms with Crippen LogP contribution >= 0.6 is 31.9 Å². The third-order valence-corrected chi connectivity index (χ3v) is 4.55. The van der Waals surface area contributed by atoms with E-state index >= 15 is 0 Å². The minimum Gasteiger partial charge on any atom is -0.394 e. The van der Waals surface area contributed by atoms with Crippen molar-refractivity contribution in [2.24, 2.45) is 0 Å². The van der Waals surface area contributed by atoms with Gasteiger partial charge in [0.15, 0.2) is 5.79 Å². The van der Waals surface area contributed by atoms with E-state index in [9.17, 15) is 4.79 Å². The Hall–Kier alpha value is 0.470. The van der Waals surface area contributed by atoms with E-state index < -0.39 is 0 Å². The summed E-state index contributed by atoms with van der Waals surface area (Å²) in [6.45, 7) is 4.95. The Morgan fingerprint density at radius 2 is 1.40 bits per heavy atom. The van der Waals surface area contributed by atoms with Crippen molar-refractivity contribution in [3.63, 3.8) is 0 Å². The van der Waals surface area contributed by atoms with Gasteiger partial charge in [-0.05, 0) is 39.5 Å². The average molecular weight is 492 g/mol. The molecule has 0 radical (unpaired) electrons. The molecule has 0 aromatic carbocycles. The number of hydrogen-bond donors (Lipinski definition) is 2. The summed E-state index contributed by atoms with van der Waals surface area (Å²) in [6.07, 6.45) is 8.90. The number of halogens is 2. The fraction of sp³-hybridized carbons (Fsp3) is 0.944. The van der Waals surface area contributed by atoms with E-state index in [1.807, 2.05) is 6.92 Å². The van der Waals surface area contributed by atoms with Gasteiger partial charge in [0.1, 0.15) is 5.78 Å². The second-order valence-corrected chi connectivity index (χ2v) is 7.57. The standard InChI is InChI=1S/C9H17BrO2.C7H13BrO.C2H6O2/c1-9(11-7-8-12-9)5-3-2-4-6-10;1-7(9)5-3-2-4-6-8;3-1-2-4/h2-8H2,1H3;2-6H2,1H3;3-4H,1-2H2. The van der Waals surface area contributed by atoms with Crippen molar-refractivity contribution in [1.82, 2.24) is 0 Å². The molecule has 0 atom stereocenters. The summed E-state index contributed by atoms with van der Waals surface area (Å²) < 4.78 is 11.0. The van der Waals surface area contributed by atoms with Crippen LogP contribution in [0.25, 0.3) is 0 Å². The molecule has 1 saturated heterocycles. The Balaban J connectivity index is 0. The van der Waals surface area contributed by atoms with E-state index in [0.717, 1.165) is 43.1 Å². The first-order chi connectivity index (χ1) is 12.0. The summed E-state index contributed by atoms with van der Waals surface area (Å²) in [5.74, 6) is 0.0383. The van der Waals surface area contributed by atoms with Gasteiger partial charge < -0.3 is 24.5 Å². The lowest BCUT2D eigenvalue weighted by atomic mass is 10.1. The summed E-state index contributed by atoms with van der Waals surface area (Å²) in [4.78, 5) is 10.4. The lowest BCUT2D eigenvalue weighted by molar-refractivity contribution is -0.147. The third-order valence-electron chi connectivity index (χ3n) is 3.43. The van der Waals surface area contributed by atoms with Crippen molar-refractivity contribution in [3.8, 4) is 0 Å². The highest BCUT2D eigenvalue weighted by Crippen LogP contribution is 2.24. The number of carbonyl (C=O) groups excluding carboxylic acids is 1. The number of carbonyl (C=O) groups is 1. The second kappa shape index (κ2) is 20.8. The highest BCUT2D eigenvalue weighted by atomic mass is 79.9. The van der Waals surface area contributed by atoms with Gasteiger partial charge in [0.2, 0.25) is 0 Å². The lowest BCUT2D eigenvalue weighted by Crippen LogP contribution is -2.24. The van der Waals surface area contributed by atoms with Gasteiger partial charge in [-0.2, -0.15) is 0 Å². The molecule has 7 heteroatoms. The molecular formula is C18H36Br2O5. The fourth-order valence-electron chi connectivity index (χ4n) is 2.06. The number of alkyl halides is 2. The minimum absolute atomic E-state index is 0.125. The summed E-state index contributed by atoms with van der Waals surface area (Å²) in [5.41, 5.74) is 0. The Bertz CT molecular complexity index is 283. The maximum absolute atomic E-state index is 10.4. The van der Waals surface area contributed by atoms with E-state index in [1.54, 1.807) is 6.92 Å². The average Bonchev–Trinajstić information content (AvgIpc) is 3.03. The highest BCUT2D eigenvalue weighted by Gasteiger charge is 2.29. The van der Waals surface area contributed by atoms with Gasteiger partial charge in [0, 0.05) is 23.5 Å². The number of unbranched alkanes of at least 4 members (excludes halogenated alkanes) is 4. The van der Waals surface area contributed by atoms with Crippen LogP contribution < -0.4 is 0 Å². The van der Waals surface area contributed by atoms with E-state index in [2.05, 4.69) is 31.9 Å². The maximum atomic E-state index is 10.4. The first-order valence-corrected chi connectivity index (χ1v) is 11.3. The highest BCUT2D eigenvalue weighted by molar-refractivity contribution is 9.09. The van der Waals surface area contributed by atoms with Crippen LogP contribution in [-0.4, -0.2) is 58.9 Å². The number of hydrogen-bond acceptors (Lipinski definition) is 5. The number of rotatable bonds is 11. The van der Waals surface area contributed by atoms with Crippen LogP contribution in [0.3, 0.4) is 0 Å². The molecule has 5 nitrogen and oxygen atoms in total. The number of Topliss-reactive ketones (excluding diaryl/α,β-unsaturated/α-hetero) is 1. The third kappa shape index (κ3) is 22.4. The Labute approximate surface area is 170 Å². The quantitative estimate of drug-likeness (QED) is 0.334. The summed E-state index contributed by atoms with van der Waals surface area (Å²) in [6, 6.07) is 0. The Kier molecular flexibility index (Phi) is 23.0. The molecular weight excluding hydrogens is 456 g/mol. The normalized spacial score (nSPS) is 15.0. The van der Waals surface area contributed by atoms with Gasteiger partial charge in [-0.3, -0.25) is 0 Å². The molecule has 0 spiro atoms. The monoisotopic (exact) mass is 490 g/mol. The lowest BCUT2D eigenvalue weighted by Gasteiger charge is -2.21. The molecule has 2 N–H and O–H groups in total. The van der Waals surface area contributed by atoms with Crippen molar-refractivity contribution in [2.45, 2.75) is 71.0 Å². The van der Waals surface area contributed by atoms with E-state index in [-0.39, 0.29) is 19.0 Å². The van der Waals surface area contributed by atoms with Crippen molar-refractivity contribution in [3.05, 3.63) is 0 Å². The van der Waals surface area contributed by atoms with Crippen LogP contribution in [0.5, 0.6) is 0 Å². The topological polar surface area (TPSA) is 76.0 Å². The molecule has 1 aliphatic heterocycles. The summed E-state index contributed by atoms with van der Waals surface area (Å²) in [5, 5.41) is 17.4. The molecule has 0 unspecified atom stereocenters. The van der Waals surface area contributed by atoms with Crippen molar-refractivity contribution < 1.29 is 24.5 Å². The van der Waals surface area contributed by atoms with Crippen molar-refractivity contribution in [2.75, 3.05) is 37.1 Å². The molecule has 0 aromatic rings. The SMILES string of the molecule is CC(=O)CCCCCBr.CC1(CCCCCBr)OCCO1.OCCO. The maximum Gasteiger partial charge on any atom is 0.165 e. The van der Waals surface area contributed by atoms with Crippen LogP contribution in [0, 0.1) is 0 Å². The van der Waals surface area contributed by atoms with Gasteiger partial charge in [0.25, 0.3) is 0 Å². The molecule has 1 heterocycles. The number of ether oxygens (including phenoxy) is 2. The first-order valence-electron chi connectivity index (χ1n) is 9.06. The molecule has 0 amide bonds. The number of aliphatic hydroxyl groups excluding tert-OH is 2.